The van der Waals surface area contributed by atoms with E-state index in [1.54, 1.807) is 0 Å². The maximum Gasteiger partial charge on any atom is 0.295 e. The lowest BCUT2D eigenvalue weighted by molar-refractivity contribution is -0.384. The first-order chi connectivity index (χ1) is 8.08. The molecule has 0 amide bonds. The quantitative estimate of drug-likeness (QED) is 0.609. The van der Waals surface area contributed by atoms with Crippen LogP contribution in [0.4, 0.5) is 15.8 Å². The minimum atomic E-state index is -0.648. The molecule has 6 heteroatoms. The van der Waals surface area contributed by atoms with Crippen LogP contribution in [0.2, 0.25) is 0 Å². The van der Waals surface area contributed by atoms with Crippen molar-refractivity contribution in [2.24, 2.45) is 5.92 Å². The fraction of sp³-hybridized carbons (Fsp3) is 0.455. The number of anilines is 1. The fourth-order valence-electron chi connectivity index (χ4n) is 1.67. The van der Waals surface area contributed by atoms with Gasteiger partial charge in [0.25, 0.3) is 5.69 Å². The Hall–Kier alpha value is -1.69. The van der Waals surface area contributed by atoms with Crippen LogP contribution < -0.4 is 5.32 Å². The Bertz CT molecular complexity index is 435. The summed E-state index contributed by atoms with van der Waals surface area (Å²) in [5.74, 6) is -0.355. The van der Waals surface area contributed by atoms with Crippen molar-refractivity contribution in [3.63, 3.8) is 0 Å². The van der Waals surface area contributed by atoms with Gasteiger partial charge in [0.2, 0.25) is 0 Å². The number of nitrogens with one attached hydrogen (secondary N) is 1. The van der Waals surface area contributed by atoms with Crippen LogP contribution in [0.1, 0.15) is 12.8 Å². The van der Waals surface area contributed by atoms with Gasteiger partial charge in [0.15, 0.2) is 0 Å². The van der Waals surface area contributed by atoms with Crippen LogP contribution in [0.15, 0.2) is 18.2 Å². The average Bonchev–Trinajstić information content (AvgIpc) is 3.10. The van der Waals surface area contributed by atoms with Crippen LogP contribution in [-0.4, -0.2) is 22.7 Å². The first kappa shape index (κ1) is 11.8. The number of nitro groups is 1. The molecule has 0 aromatic heterocycles. The highest BCUT2D eigenvalue weighted by Gasteiger charge is 2.29. The average molecular weight is 240 g/mol. The molecule has 2 N–H and O–H groups in total. The number of benzene rings is 1. The molecule has 92 valence electrons. The van der Waals surface area contributed by atoms with E-state index in [-0.39, 0.29) is 17.9 Å². The van der Waals surface area contributed by atoms with E-state index >= 15 is 0 Å². The Balaban J connectivity index is 2.06. The maximum atomic E-state index is 12.9. The van der Waals surface area contributed by atoms with E-state index in [0.717, 1.165) is 25.0 Å². The van der Waals surface area contributed by atoms with Crippen molar-refractivity contribution in [3.05, 3.63) is 34.1 Å². The van der Waals surface area contributed by atoms with Crippen LogP contribution >= 0.6 is 0 Å². The second-order valence-electron chi connectivity index (χ2n) is 4.20. The molecule has 1 fully saturated rings. The number of nitrogens with zero attached hydrogens (tertiary/aromatic N) is 1. The maximum absolute atomic E-state index is 12.9. The van der Waals surface area contributed by atoms with Gasteiger partial charge in [-0.15, -0.1) is 0 Å². The normalized spacial score (nSPS) is 16.6. The molecule has 17 heavy (non-hydrogen) atoms. The standard InChI is InChI=1S/C11H13FN2O3/c12-8-3-4-9(10(5-8)14(16)17)13-6-11(15)7-1-2-7/h3-5,7,11,13,15H,1-2,6H2. The number of rotatable bonds is 5. The smallest absolute Gasteiger partial charge is 0.295 e. The summed E-state index contributed by atoms with van der Waals surface area (Å²) >= 11 is 0. The summed E-state index contributed by atoms with van der Waals surface area (Å²) in [4.78, 5) is 10.1. The van der Waals surface area contributed by atoms with Gasteiger partial charge in [-0.3, -0.25) is 10.1 Å². The Labute approximate surface area is 97.4 Å². The van der Waals surface area contributed by atoms with Gasteiger partial charge in [0, 0.05) is 6.54 Å². The predicted molar refractivity (Wildman–Crippen MR) is 60.3 cm³/mol. The van der Waals surface area contributed by atoms with Gasteiger partial charge >= 0.3 is 0 Å². The SMILES string of the molecule is O=[N+]([O-])c1cc(F)ccc1NCC(O)C1CC1. The van der Waals surface area contributed by atoms with Crippen LogP contribution in [0.25, 0.3) is 0 Å². The Morgan fingerprint density at radius 1 is 1.59 bits per heavy atom. The van der Waals surface area contributed by atoms with Gasteiger partial charge in [-0.05, 0) is 30.9 Å². The van der Waals surface area contributed by atoms with E-state index in [1.807, 2.05) is 0 Å². The first-order valence-corrected chi connectivity index (χ1v) is 5.44. The summed E-state index contributed by atoms with van der Waals surface area (Å²) < 4.78 is 12.9. The largest absolute Gasteiger partial charge is 0.391 e. The molecule has 1 aromatic carbocycles. The summed E-state index contributed by atoms with van der Waals surface area (Å²) in [6.45, 7) is 0.247. The highest BCUT2D eigenvalue weighted by atomic mass is 19.1. The summed E-state index contributed by atoms with van der Waals surface area (Å²) in [6, 6.07) is 3.33. The molecule has 1 unspecified atom stereocenters. The van der Waals surface area contributed by atoms with E-state index in [4.69, 9.17) is 0 Å². The molecule has 1 saturated carbocycles. The molecular weight excluding hydrogens is 227 g/mol. The summed E-state index contributed by atoms with van der Waals surface area (Å²) in [5.41, 5.74) is -0.0795. The third-order valence-electron chi connectivity index (χ3n) is 2.82. The molecule has 1 atom stereocenters. The van der Waals surface area contributed by atoms with Crippen LogP contribution in [0.3, 0.4) is 0 Å². The zero-order valence-electron chi connectivity index (χ0n) is 9.10. The fourth-order valence-corrected chi connectivity index (χ4v) is 1.67. The molecule has 0 bridgehead atoms. The molecule has 1 aliphatic rings. The molecule has 0 saturated heterocycles. The van der Waals surface area contributed by atoms with Crippen molar-refractivity contribution < 1.29 is 14.4 Å². The number of aliphatic hydroxyl groups is 1. The highest BCUT2D eigenvalue weighted by molar-refractivity contribution is 5.61. The topological polar surface area (TPSA) is 75.4 Å². The van der Waals surface area contributed by atoms with Gasteiger partial charge in [-0.1, -0.05) is 0 Å². The third-order valence-corrected chi connectivity index (χ3v) is 2.82. The monoisotopic (exact) mass is 240 g/mol. The van der Waals surface area contributed by atoms with E-state index < -0.39 is 16.8 Å². The lowest BCUT2D eigenvalue weighted by atomic mass is 10.2. The Morgan fingerprint density at radius 3 is 2.88 bits per heavy atom. The lowest BCUT2D eigenvalue weighted by Crippen LogP contribution is -2.21. The summed E-state index contributed by atoms with van der Waals surface area (Å²) in [5, 5.41) is 23.1. The van der Waals surface area contributed by atoms with E-state index in [1.165, 1.54) is 6.07 Å². The molecule has 1 aliphatic carbocycles. The van der Waals surface area contributed by atoms with Crippen molar-refractivity contribution in [1.29, 1.82) is 0 Å². The molecule has 1 aromatic rings. The summed E-state index contributed by atoms with van der Waals surface area (Å²) in [6.07, 6.45) is 1.49. The molecule has 0 heterocycles. The molecular formula is C11H13FN2O3. The van der Waals surface area contributed by atoms with Gasteiger partial charge in [-0.25, -0.2) is 4.39 Å². The van der Waals surface area contributed by atoms with Gasteiger partial charge in [0.1, 0.15) is 11.5 Å². The predicted octanol–water partition coefficient (Wildman–Crippen LogP) is 1.92. The van der Waals surface area contributed by atoms with Crippen molar-refractivity contribution in [2.75, 3.05) is 11.9 Å². The van der Waals surface area contributed by atoms with Crippen LogP contribution in [-0.2, 0) is 0 Å². The highest BCUT2D eigenvalue weighted by Crippen LogP contribution is 2.33. The van der Waals surface area contributed by atoms with E-state index in [0.29, 0.717) is 5.92 Å². The summed E-state index contributed by atoms with van der Waals surface area (Å²) in [7, 11) is 0. The van der Waals surface area contributed by atoms with Crippen LogP contribution in [0.5, 0.6) is 0 Å². The molecule has 0 aliphatic heterocycles. The zero-order valence-corrected chi connectivity index (χ0v) is 9.10. The van der Waals surface area contributed by atoms with Gasteiger partial charge in [0.05, 0.1) is 17.1 Å². The van der Waals surface area contributed by atoms with Crippen LogP contribution in [0, 0.1) is 21.8 Å². The van der Waals surface area contributed by atoms with Gasteiger partial charge < -0.3 is 10.4 Å². The molecule has 5 nitrogen and oxygen atoms in total. The van der Waals surface area contributed by atoms with Crippen molar-refractivity contribution in [1.82, 2.24) is 0 Å². The number of hydrogen-bond acceptors (Lipinski definition) is 4. The minimum absolute atomic E-state index is 0.233. The Morgan fingerprint density at radius 2 is 2.29 bits per heavy atom. The number of aliphatic hydroxyl groups excluding tert-OH is 1. The second-order valence-corrected chi connectivity index (χ2v) is 4.20. The third kappa shape index (κ3) is 2.91. The van der Waals surface area contributed by atoms with Crippen molar-refractivity contribution >= 4 is 11.4 Å². The first-order valence-electron chi connectivity index (χ1n) is 5.44. The molecule has 0 radical (unpaired) electrons. The lowest BCUT2D eigenvalue weighted by Gasteiger charge is -2.11. The Kier molecular flexibility index (Phi) is 3.23. The minimum Gasteiger partial charge on any atom is -0.391 e. The van der Waals surface area contributed by atoms with Crippen molar-refractivity contribution in [3.8, 4) is 0 Å². The second kappa shape index (κ2) is 4.67. The number of halogens is 1. The van der Waals surface area contributed by atoms with E-state index in [9.17, 15) is 19.6 Å². The molecule has 2 rings (SSSR count). The van der Waals surface area contributed by atoms with Crippen molar-refractivity contribution in [2.45, 2.75) is 18.9 Å². The number of nitro benzene ring substituents is 1. The van der Waals surface area contributed by atoms with Gasteiger partial charge in [-0.2, -0.15) is 0 Å². The number of hydrogen-bond donors (Lipinski definition) is 2. The molecule has 0 spiro atoms. The van der Waals surface area contributed by atoms with E-state index in [2.05, 4.69) is 5.32 Å². The zero-order chi connectivity index (χ0) is 12.4.